The lowest BCUT2D eigenvalue weighted by molar-refractivity contribution is -0.171. The van der Waals surface area contributed by atoms with E-state index in [1.54, 1.807) is 19.9 Å². The topological polar surface area (TPSA) is 57.7 Å². The number of likely N-dealkylation sites (tertiary alicyclic amines) is 1. The van der Waals surface area contributed by atoms with Crippen LogP contribution in [0.3, 0.4) is 0 Å². The van der Waals surface area contributed by atoms with Gasteiger partial charge >= 0.3 is 12.1 Å². The van der Waals surface area contributed by atoms with E-state index in [0.29, 0.717) is 27.9 Å². The van der Waals surface area contributed by atoms with E-state index < -0.39 is 42.4 Å². The summed E-state index contributed by atoms with van der Waals surface area (Å²) in [6, 6.07) is 4.68. The standard InChI is InChI=1S/C22H21F3N2O3/c1-10-5-11(2)7-12(6-10)26(21(30)22(23,24)25)9-27-19(28)17-13-3-4-14(16-8-15(13)16)18(17)20(27)29/h3-7,13-18H,8-9H2,1-2H3/t13-,14-,15-,16+,17-,18+/m1/s1. The number of aryl methyl sites for hydroxylation is 2. The molecule has 2 saturated carbocycles. The van der Waals surface area contributed by atoms with Crippen molar-refractivity contribution >= 4 is 23.4 Å². The van der Waals surface area contributed by atoms with E-state index in [4.69, 9.17) is 0 Å². The first-order valence-corrected chi connectivity index (χ1v) is 10.1. The molecular formula is C22H21F3N2O3. The molecule has 1 aromatic rings. The van der Waals surface area contributed by atoms with Crippen LogP contribution in [0.2, 0.25) is 0 Å². The lowest BCUT2D eigenvalue weighted by Gasteiger charge is -2.37. The van der Waals surface area contributed by atoms with Gasteiger partial charge in [-0.15, -0.1) is 0 Å². The predicted octanol–water partition coefficient (Wildman–Crippen LogP) is 3.21. The van der Waals surface area contributed by atoms with Crippen LogP contribution in [0.25, 0.3) is 0 Å². The Balaban J connectivity index is 1.49. The molecule has 0 aromatic heterocycles. The quantitative estimate of drug-likeness (QED) is 0.560. The minimum Gasteiger partial charge on any atom is -0.286 e. The Kier molecular flexibility index (Phi) is 3.98. The molecule has 0 spiro atoms. The smallest absolute Gasteiger partial charge is 0.286 e. The zero-order valence-electron chi connectivity index (χ0n) is 16.5. The van der Waals surface area contributed by atoms with Gasteiger partial charge in [-0.1, -0.05) is 18.2 Å². The molecule has 1 aromatic carbocycles. The van der Waals surface area contributed by atoms with Gasteiger partial charge in [-0.2, -0.15) is 13.2 Å². The summed E-state index contributed by atoms with van der Waals surface area (Å²) in [5.74, 6) is -3.31. The van der Waals surface area contributed by atoms with Gasteiger partial charge in [0, 0.05) is 5.69 Å². The Morgan fingerprint density at radius 1 is 1.00 bits per heavy atom. The van der Waals surface area contributed by atoms with Crippen LogP contribution in [0.15, 0.2) is 30.4 Å². The third-order valence-corrected chi connectivity index (χ3v) is 7.04. The van der Waals surface area contributed by atoms with Crippen molar-refractivity contribution in [3.8, 4) is 0 Å². The van der Waals surface area contributed by atoms with E-state index in [0.717, 1.165) is 11.3 Å². The van der Waals surface area contributed by atoms with Gasteiger partial charge in [0.15, 0.2) is 0 Å². The Labute approximate surface area is 171 Å². The van der Waals surface area contributed by atoms with Crippen molar-refractivity contribution in [2.24, 2.45) is 35.5 Å². The number of allylic oxidation sites excluding steroid dienone is 2. The van der Waals surface area contributed by atoms with E-state index >= 15 is 0 Å². The number of rotatable bonds is 3. The Morgan fingerprint density at radius 2 is 1.50 bits per heavy atom. The maximum Gasteiger partial charge on any atom is 0.471 e. The molecule has 6 atom stereocenters. The third kappa shape index (κ3) is 2.72. The van der Waals surface area contributed by atoms with Gasteiger partial charge in [-0.25, -0.2) is 0 Å². The van der Waals surface area contributed by atoms with E-state index in [1.807, 2.05) is 12.2 Å². The van der Waals surface area contributed by atoms with Crippen LogP contribution >= 0.6 is 0 Å². The fraction of sp³-hybridized carbons (Fsp3) is 0.500. The highest BCUT2D eigenvalue weighted by molar-refractivity contribution is 6.07. The van der Waals surface area contributed by atoms with Crippen LogP contribution in [-0.4, -0.2) is 35.5 Å². The maximum atomic E-state index is 13.4. The molecule has 8 heteroatoms. The molecule has 1 saturated heterocycles. The number of carbonyl (C=O) groups excluding carboxylic acids is 3. The molecule has 158 valence electrons. The average molecular weight is 418 g/mol. The molecule has 30 heavy (non-hydrogen) atoms. The van der Waals surface area contributed by atoms with Crippen LogP contribution < -0.4 is 4.90 Å². The molecule has 3 amide bonds. The van der Waals surface area contributed by atoms with Gasteiger partial charge in [-0.05, 0) is 67.2 Å². The molecule has 0 unspecified atom stereocenters. The Bertz CT molecular complexity index is 946. The summed E-state index contributed by atoms with van der Waals surface area (Å²) in [4.78, 5) is 39.9. The average Bonchev–Trinajstić information content (AvgIpc) is 3.44. The molecule has 0 N–H and O–H groups in total. The molecule has 3 fully saturated rings. The summed E-state index contributed by atoms with van der Waals surface area (Å²) < 4.78 is 40.1. The summed E-state index contributed by atoms with van der Waals surface area (Å²) in [5.41, 5.74) is 1.38. The SMILES string of the molecule is Cc1cc(C)cc(N(CN2C(=O)[C@@H]3[C@@H]4C=C[C@H]([C@@H]5C[C@H]45)[C@@H]3C2=O)C(=O)C(F)(F)F)c1. The second-order valence-electron chi connectivity index (χ2n) is 8.98. The van der Waals surface area contributed by atoms with Crippen molar-refractivity contribution in [3.05, 3.63) is 41.5 Å². The first kappa shape index (κ1) is 19.3. The number of alkyl halides is 3. The molecule has 5 aliphatic rings. The molecule has 2 bridgehead atoms. The van der Waals surface area contributed by atoms with E-state index in [1.165, 1.54) is 12.1 Å². The van der Waals surface area contributed by atoms with Crippen LogP contribution in [0, 0.1) is 49.4 Å². The molecule has 1 aliphatic heterocycles. The monoisotopic (exact) mass is 418 g/mol. The second-order valence-corrected chi connectivity index (χ2v) is 8.98. The number of nitrogens with zero attached hydrogens (tertiary/aromatic N) is 2. The van der Waals surface area contributed by atoms with Gasteiger partial charge in [0.25, 0.3) is 0 Å². The number of carbonyl (C=O) groups is 3. The van der Waals surface area contributed by atoms with Crippen molar-refractivity contribution in [1.29, 1.82) is 0 Å². The lowest BCUT2D eigenvalue weighted by Crippen LogP contribution is -2.49. The van der Waals surface area contributed by atoms with Crippen molar-refractivity contribution in [1.82, 2.24) is 4.90 Å². The normalized spacial score (nSPS) is 33.6. The van der Waals surface area contributed by atoms with E-state index in [2.05, 4.69) is 0 Å². The molecule has 4 aliphatic carbocycles. The van der Waals surface area contributed by atoms with Crippen LogP contribution in [0.1, 0.15) is 17.5 Å². The zero-order valence-corrected chi connectivity index (χ0v) is 16.5. The van der Waals surface area contributed by atoms with Crippen LogP contribution in [-0.2, 0) is 14.4 Å². The minimum absolute atomic E-state index is 0.0224. The number of imide groups is 1. The van der Waals surface area contributed by atoms with Crippen LogP contribution in [0.4, 0.5) is 18.9 Å². The Hall–Kier alpha value is -2.64. The van der Waals surface area contributed by atoms with Gasteiger partial charge in [0.05, 0.1) is 11.8 Å². The highest BCUT2D eigenvalue weighted by Gasteiger charge is 2.67. The largest absolute Gasteiger partial charge is 0.471 e. The molecular weight excluding hydrogens is 397 g/mol. The van der Waals surface area contributed by atoms with Gasteiger partial charge < -0.3 is 0 Å². The fourth-order valence-electron chi connectivity index (χ4n) is 5.82. The summed E-state index contributed by atoms with van der Waals surface area (Å²) in [7, 11) is 0. The summed E-state index contributed by atoms with van der Waals surface area (Å²) in [5, 5.41) is 0. The number of anilines is 1. The first-order chi connectivity index (χ1) is 14.1. The highest BCUT2D eigenvalue weighted by Crippen LogP contribution is 2.65. The number of hydrogen-bond acceptors (Lipinski definition) is 3. The number of amides is 3. The first-order valence-electron chi connectivity index (χ1n) is 10.1. The van der Waals surface area contributed by atoms with Crippen molar-refractivity contribution < 1.29 is 27.6 Å². The highest BCUT2D eigenvalue weighted by atomic mass is 19.4. The van der Waals surface area contributed by atoms with Crippen molar-refractivity contribution in [2.45, 2.75) is 26.4 Å². The summed E-state index contributed by atoms with van der Waals surface area (Å²) >= 11 is 0. The number of halogens is 3. The minimum atomic E-state index is -5.13. The van der Waals surface area contributed by atoms with E-state index in [-0.39, 0.29) is 17.5 Å². The van der Waals surface area contributed by atoms with Crippen LogP contribution in [0.5, 0.6) is 0 Å². The van der Waals surface area contributed by atoms with Crippen molar-refractivity contribution in [3.63, 3.8) is 0 Å². The predicted molar refractivity (Wildman–Crippen MR) is 101 cm³/mol. The Morgan fingerprint density at radius 3 is 1.97 bits per heavy atom. The summed E-state index contributed by atoms with van der Waals surface area (Å²) in [6.45, 7) is 2.70. The molecule has 6 rings (SSSR count). The lowest BCUT2D eigenvalue weighted by atomic mass is 9.63. The van der Waals surface area contributed by atoms with Crippen molar-refractivity contribution in [2.75, 3.05) is 11.6 Å². The summed E-state index contributed by atoms with van der Waals surface area (Å²) in [6.07, 6.45) is -0.135. The number of benzene rings is 1. The van der Waals surface area contributed by atoms with Gasteiger partial charge in [-0.3, -0.25) is 24.2 Å². The fourth-order valence-corrected chi connectivity index (χ4v) is 5.82. The molecule has 1 heterocycles. The zero-order chi connectivity index (χ0) is 21.5. The molecule has 5 nitrogen and oxygen atoms in total. The molecule has 0 radical (unpaired) electrons. The number of hydrogen-bond donors (Lipinski definition) is 0. The third-order valence-electron chi connectivity index (χ3n) is 7.04. The van der Waals surface area contributed by atoms with E-state index in [9.17, 15) is 27.6 Å². The second kappa shape index (κ2) is 6.18. The maximum absolute atomic E-state index is 13.4. The van der Waals surface area contributed by atoms with Gasteiger partial charge in [0.1, 0.15) is 6.67 Å². The van der Waals surface area contributed by atoms with Gasteiger partial charge in [0.2, 0.25) is 11.8 Å².